The number of methoxy groups -OCH3 is 2. The van der Waals surface area contributed by atoms with Crippen molar-refractivity contribution in [1.29, 1.82) is 0 Å². The molecular formula is C18H14BrNO4. The summed E-state index contributed by atoms with van der Waals surface area (Å²) in [5, 5.41) is 0. The number of halogens is 1. The Morgan fingerprint density at radius 2 is 1.75 bits per heavy atom. The molecule has 0 saturated carbocycles. The Morgan fingerprint density at radius 1 is 1.04 bits per heavy atom. The smallest absolute Gasteiger partial charge is 0.363 e. The van der Waals surface area contributed by atoms with Crippen LogP contribution in [0.3, 0.4) is 0 Å². The molecule has 2 aromatic carbocycles. The fourth-order valence-corrected chi connectivity index (χ4v) is 2.49. The molecule has 0 aromatic heterocycles. The van der Waals surface area contributed by atoms with Crippen LogP contribution in [0.4, 0.5) is 0 Å². The van der Waals surface area contributed by atoms with E-state index in [4.69, 9.17) is 14.2 Å². The lowest BCUT2D eigenvalue weighted by molar-refractivity contribution is -0.129. The number of benzene rings is 2. The monoisotopic (exact) mass is 387 g/mol. The summed E-state index contributed by atoms with van der Waals surface area (Å²) >= 11 is 3.37. The number of hydrogen-bond acceptors (Lipinski definition) is 5. The Bertz CT molecular complexity index is 841. The van der Waals surface area contributed by atoms with E-state index < -0.39 is 5.97 Å². The van der Waals surface area contributed by atoms with Crippen molar-refractivity contribution in [2.24, 2.45) is 4.99 Å². The SMILES string of the molecule is COc1ccc(/C=C2/N=C(c3ccc(Br)cc3)OC2=O)cc1OC. The molecule has 24 heavy (non-hydrogen) atoms. The van der Waals surface area contributed by atoms with Gasteiger partial charge in [-0.05, 0) is 48.0 Å². The first-order chi connectivity index (χ1) is 11.6. The molecule has 0 radical (unpaired) electrons. The van der Waals surface area contributed by atoms with Gasteiger partial charge in [-0.25, -0.2) is 9.79 Å². The first-order valence-corrected chi connectivity index (χ1v) is 7.90. The molecule has 0 spiro atoms. The molecule has 1 aliphatic heterocycles. The first-order valence-electron chi connectivity index (χ1n) is 7.11. The second-order valence-corrected chi connectivity index (χ2v) is 5.87. The topological polar surface area (TPSA) is 57.1 Å². The maximum atomic E-state index is 12.0. The lowest BCUT2D eigenvalue weighted by Gasteiger charge is -2.07. The van der Waals surface area contributed by atoms with E-state index in [9.17, 15) is 4.79 Å². The highest BCUT2D eigenvalue weighted by atomic mass is 79.9. The zero-order valence-corrected chi connectivity index (χ0v) is 14.7. The van der Waals surface area contributed by atoms with Crippen molar-refractivity contribution < 1.29 is 19.0 Å². The molecule has 6 heteroatoms. The maximum absolute atomic E-state index is 12.0. The molecule has 122 valence electrons. The third kappa shape index (κ3) is 3.33. The van der Waals surface area contributed by atoms with Crippen LogP contribution in [0.15, 0.2) is 57.6 Å². The van der Waals surface area contributed by atoms with Crippen molar-refractivity contribution in [1.82, 2.24) is 0 Å². The fourth-order valence-electron chi connectivity index (χ4n) is 2.23. The third-order valence-electron chi connectivity index (χ3n) is 3.42. The molecule has 0 fully saturated rings. The molecule has 3 rings (SSSR count). The van der Waals surface area contributed by atoms with E-state index in [1.165, 1.54) is 0 Å². The molecule has 0 unspecified atom stereocenters. The van der Waals surface area contributed by atoms with Gasteiger partial charge >= 0.3 is 5.97 Å². The molecule has 0 saturated heterocycles. The highest BCUT2D eigenvalue weighted by Crippen LogP contribution is 2.29. The molecule has 2 aromatic rings. The number of aliphatic imine (C=N–C) groups is 1. The molecule has 0 amide bonds. The van der Waals surface area contributed by atoms with Gasteiger partial charge in [0.05, 0.1) is 14.2 Å². The Morgan fingerprint density at radius 3 is 2.42 bits per heavy atom. The van der Waals surface area contributed by atoms with Gasteiger partial charge in [0.15, 0.2) is 17.2 Å². The number of esters is 1. The minimum atomic E-state index is -0.484. The second-order valence-electron chi connectivity index (χ2n) is 4.96. The number of carbonyl (C=O) groups is 1. The van der Waals surface area contributed by atoms with Crippen LogP contribution in [0.5, 0.6) is 11.5 Å². The Hall–Kier alpha value is -2.60. The quantitative estimate of drug-likeness (QED) is 0.591. The van der Waals surface area contributed by atoms with Gasteiger partial charge in [-0.3, -0.25) is 0 Å². The van der Waals surface area contributed by atoms with Crippen molar-refractivity contribution in [2.75, 3.05) is 14.2 Å². The number of cyclic esters (lactones) is 1. The van der Waals surface area contributed by atoms with E-state index >= 15 is 0 Å². The maximum Gasteiger partial charge on any atom is 0.363 e. The standard InChI is InChI=1S/C18H14BrNO4/c1-22-15-8-3-11(10-16(15)23-2)9-14-18(21)24-17(20-14)12-4-6-13(19)7-5-12/h3-10H,1-2H3/b14-9+. The van der Waals surface area contributed by atoms with E-state index in [1.807, 2.05) is 30.3 Å². The van der Waals surface area contributed by atoms with E-state index in [0.29, 0.717) is 17.4 Å². The zero-order valence-electron chi connectivity index (χ0n) is 13.1. The summed E-state index contributed by atoms with van der Waals surface area (Å²) in [6, 6.07) is 12.7. The Labute approximate surface area is 147 Å². The molecule has 5 nitrogen and oxygen atoms in total. The largest absolute Gasteiger partial charge is 0.493 e. The highest BCUT2D eigenvalue weighted by Gasteiger charge is 2.24. The third-order valence-corrected chi connectivity index (χ3v) is 3.95. The van der Waals surface area contributed by atoms with Crippen LogP contribution in [0, 0.1) is 0 Å². The molecule has 1 heterocycles. The van der Waals surface area contributed by atoms with Gasteiger partial charge < -0.3 is 14.2 Å². The normalized spacial score (nSPS) is 15.2. The number of hydrogen-bond donors (Lipinski definition) is 0. The minimum absolute atomic E-state index is 0.236. The van der Waals surface area contributed by atoms with Crippen molar-refractivity contribution in [3.63, 3.8) is 0 Å². The number of nitrogens with zero attached hydrogens (tertiary/aromatic N) is 1. The van der Waals surface area contributed by atoms with E-state index in [0.717, 1.165) is 15.6 Å². The average molecular weight is 388 g/mol. The van der Waals surface area contributed by atoms with Crippen molar-refractivity contribution in [2.45, 2.75) is 0 Å². The van der Waals surface area contributed by atoms with Crippen LogP contribution in [0.2, 0.25) is 0 Å². The van der Waals surface area contributed by atoms with Gasteiger partial charge in [0.2, 0.25) is 5.90 Å². The van der Waals surface area contributed by atoms with Gasteiger partial charge in [0.1, 0.15) is 0 Å². The summed E-state index contributed by atoms with van der Waals surface area (Å²) in [6.07, 6.45) is 1.65. The predicted molar refractivity (Wildman–Crippen MR) is 94.3 cm³/mol. The van der Waals surface area contributed by atoms with Gasteiger partial charge in [-0.1, -0.05) is 22.0 Å². The zero-order chi connectivity index (χ0) is 17.1. The summed E-state index contributed by atoms with van der Waals surface area (Å²) < 4.78 is 16.6. The van der Waals surface area contributed by atoms with Crippen LogP contribution in [0.1, 0.15) is 11.1 Å². The van der Waals surface area contributed by atoms with Gasteiger partial charge in [0.25, 0.3) is 0 Å². The molecule has 0 aliphatic carbocycles. The minimum Gasteiger partial charge on any atom is -0.493 e. The van der Waals surface area contributed by atoms with Gasteiger partial charge in [-0.15, -0.1) is 0 Å². The van der Waals surface area contributed by atoms with Crippen molar-refractivity contribution >= 4 is 33.9 Å². The first kappa shape index (κ1) is 16.3. The lowest BCUT2D eigenvalue weighted by Crippen LogP contribution is -2.05. The highest BCUT2D eigenvalue weighted by molar-refractivity contribution is 9.10. The lowest BCUT2D eigenvalue weighted by atomic mass is 10.1. The average Bonchev–Trinajstić information content (AvgIpc) is 2.96. The second kappa shape index (κ2) is 6.88. The van der Waals surface area contributed by atoms with E-state index in [1.54, 1.807) is 32.4 Å². The molecule has 0 bridgehead atoms. The fraction of sp³-hybridized carbons (Fsp3) is 0.111. The number of carbonyl (C=O) groups excluding carboxylic acids is 1. The summed E-state index contributed by atoms with van der Waals surface area (Å²) in [6.45, 7) is 0. The summed E-state index contributed by atoms with van der Waals surface area (Å²) in [4.78, 5) is 16.3. The molecule has 0 N–H and O–H groups in total. The van der Waals surface area contributed by atoms with Crippen LogP contribution >= 0.6 is 15.9 Å². The van der Waals surface area contributed by atoms with Crippen LogP contribution in [-0.2, 0) is 9.53 Å². The van der Waals surface area contributed by atoms with Crippen LogP contribution in [0.25, 0.3) is 6.08 Å². The van der Waals surface area contributed by atoms with Crippen LogP contribution < -0.4 is 9.47 Å². The summed E-state index contributed by atoms with van der Waals surface area (Å²) in [7, 11) is 3.13. The van der Waals surface area contributed by atoms with Gasteiger partial charge in [0, 0.05) is 10.0 Å². The Balaban J connectivity index is 1.92. The van der Waals surface area contributed by atoms with E-state index in [2.05, 4.69) is 20.9 Å². The molecule has 1 aliphatic rings. The number of rotatable bonds is 4. The molecule has 0 atom stereocenters. The van der Waals surface area contributed by atoms with E-state index in [-0.39, 0.29) is 5.70 Å². The van der Waals surface area contributed by atoms with Crippen LogP contribution in [-0.4, -0.2) is 26.1 Å². The van der Waals surface area contributed by atoms with Crippen molar-refractivity contribution in [3.05, 3.63) is 63.8 Å². The van der Waals surface area contributed by atoms with Crippen molar-refractivity contribution in [3.8, 4) is 11.5 Å². The summed E-state index contributed by atoms with van der Waals surface area (Å²) in [5.41, 5.74) is 1.74. The van der Waals surface area contributed by atoms with Gasteiger partial charge in [-0.2, -0.15) is 0 Å². The Kier molecular flexibility index (Phi) is 4.66. The molecular weight excluding hydrogens is 374 g/mol. The summed E-state index contributed by atoms with van der Waals surface area (Å²) in [5.74, 6) is 1.00. The predicted octanol–water partition coefficient (Wildman–Crippen LogP) is 3.81. The number of ether oxygens (including phenoxy) is 3.